The van der Waals surface area contributed by atoms with Gasteiger partial charge in [-0.25, -0.2) is 4.98 Å². The molecule has 178 valence electrons. The molecule has 4 rings (SSSR count). The predicted molar refractivity (Wildman–Crippen MR) is 136 cm³/mol. The minimum Gasteiger partial charge on any atom is -0.357 e. The third-order valence-corrected chi connectivity index (χ3v) is 6.78. The molecule has 0 aliphatic heterocycles. The molecule has 0 spiro atoms. The van der Waals surface area contributed by atoms with Crippen LogP contribution in [-0.4, -0.2) is 59.5 Å². The number of aromatic nitrogens is 3. The van der Waals surface area contributed by atoms with E-state index in [1.807, 2.05) is 13.2 Å². The minimum absolute atomic E-state index is 0.342. The lowest BCUT2D eigenvalue weighted by Gasteiger charge is -2.32. The Morgan fingerprint density at radius 3 is 2.85 bits per heavy atom. The van der Waals surface area contributed by atoms with Crippen molar-refractivity contribution in [3.05, 3.63) is 59.2 Å². The number of imidazole rings is 1. The predicted octanol–water partition coefficient (Wildman–Crippen LogP) is 3.39. The van der Waals surface area contributed by atoms with Gasteiger partial charge in [-0.15, -0.1) is 0 Å². The Bertz CT molecular complexity index is 1040. The van der Waals surface area contributed by atoms with Crippen molar-refractivity contribution in [3.8, 4) is 0 Å². The average Bonchev–Trinajstić information content (AvgIpc) is 3.20. The highest BCUT2D eigenvalue weighted by Gasteiger charge is 2.27. The molecule has 1 aliphatic rings. The molecule has 0 amide bonds. The summed E-state index contributed by atoms with van der Waals surface area (Å²) in [6.07, 6.45) is 5.43. The largest absolute Gasteiger partial charge is 0.357 e. The first-order valence-corrected chi connectivity index (χ1v) is 12.4. The molecular formula is C26H39N7. The van der Waals surface area contributed by atoms with Crippen LogP contribution < -0.4 is 15.5 Å². The van der Waals surface area contributed by atoms with Gasteiger partial charge in [0.2, 0.25) is 0 Å². The lowest BCUT2D eigenvalue weighted by atomic mass is 9.91. The van der Waals surface area contributed by atoms with Gasteiger partial charge in [-0.1, -0.05) is 19.1 Å². The summed E-state index contributed by atoms with van der Waals surface area (Å²) in [6, 6.07) is 11.1. The zero-order valence-electron chi connectivity index (χ0n) is 20.6. The van der Waals surface area contributed by atoms with Crippen LogP contribution in [0.1, 0.15) is 55.4 Å². The van der Waals surface area contributed by atoms with Gasteiger partial charge in [0.15, 0.2) is 0 Å². The highest BCUT2D eigenvalue weighted by atomic mass is 15.3. The van der Waals surface area contributed by atoms with Crippen molar-refractivity contribution >= 4 is 11.5 Å². The molecule has 1 aliphatic carbocycles. The van der Waals surface area contributed by atoms with Crippen molar-refractivity contribution in [1.29, 1.82) is 0 Å². The third-order valence-electron chi connectivity index (χ3n) is 6.78. The van der Waals surface area contributed by atoms with Crippen LogP contribution in [0.25, 0.3) is 5.65 Å². The molecule has 0 fully saturated rings. The van der Waals surface area contributed by atoms with Crippen LogP contribution >= 0.6 is 0 Å². The average molecular weight is 450 g/mol. The zero-order valence-corrected chi connectivity index (χ0v) is 20.6. The Labute approximate surface area is 198 Å². The molecule has 1 atom stereocenters. The lowest BCUT2D eigenvalue weighted by Crippen LogP contribution is -2.32. The van der Waals surface area contributed by atoms with Gasteiger partial charge in [0.05, 0.1) is 23.1 Å². The second-order valence-electron chi connectivity index (χ2n) is 8.92. The van der Waals surface area contributed by atoms with Gasteiger partial charge >= 0.3 is 0 Å². The second kappa shape index (κ2) is 11.1. The van der Waals surface area contributed by atoms with Gasteiger partial charge in [0.25, 0.3) is 0 Å². The smallest absolute Gasteiger partial charge is 0.138 e. The van der Waals surface area contributed by atoms with Crippen LogP contribution in [-0.2, 0) is 19.5 Å². The van der Waals surface area contributed by atoms with Crippen molar-refractivity contribution in [2.24, 2.45) is 0 Å². The highest BCUT2D eigenvalue weighted by Crippen LogP contribution is 2.33. The molecule has 0 saturated carbocycles. The molecule has 3 aromatic rings. The monoisotopic (exact) mass is 449 g/mol. The Morgan fingerprint density at radius 2 is 2.06 bits per heavy atom. The molecule has 0 unspecified atom stereocenters. The van der Waals surface area contributed by atoms with E-state index in [2.05, 4.69) is 76.1 Å². The fourth-order valence-electron chi connectivity index (χ4n) is 5.02. The number of aryl methyl sites for hydroxylation is 1. The van der Waals surface area contributed by atoms with Gasteiger partial charge < -0.3 is 15.5 Å². The van der Waals surface area contributed by atoms with Gasteiger partial charge in [-0.3, -0.25) is 14.3 Å². The summed E-state index contributed by atoms with van der Waals surface area (Å²) in [4.78, 5) is 14.8. The molecule has 0 saturated heterocycles. The third kappa shape index (κ3) is 5.05. The standard InChI is InChI=1S/C26H39N7/c1-5-28-18-23-21(19-31(4)22-12-7-10-20-11-9-15-29-26(20)22)30-24-13-8-14-25(33(23)24)32(6-2)17-16-27-3/h8-9,11,13-15,22,27-28H,5-7,10,12,16-19H2,1-4H3/t22-/m0/s1. The minimum atomic E-state index is 0.342. The van der Waals surface area contributed by atoms with Crippen molar-refractivity contribution < 1.29 is 0 Å². The Morgan fingerprint density at radius 1 is 1.18 bits per heavy atom. The first-order chi connectivity index (χ1) is 16.2. The van der Waals surface area contributed by atoms with Crippen molar-refractivity contribution in [1.82, 2.24) is 29.9 Å². The number of likely N-dealkylation sites (N-methyl/N-ethyl adjacent to an activating group) is 2. The van der Waals surface area contributed by atoms with E-state index < -0.39 is 0 Å². The van der Waals surface area contributed by atoms with Crippen LogP contribution in [0, 0.1) is 0 Å². The maximum atomic E-state index is 5.13. The van der Waals surface area contributed by atoms with E-state index in [4.69, 9.17) is 9.97 Å². The number of nitrogens with one attached hydrogen (secondary N) is 2. The Kier molecular flexibility index (Phi) is 7.96. The summed E-state index contributed by atoms with van der Waals surface area (Å²) in [5.74, 6) is 1.21. The van der Waals surface area contributed by atoms with Gasteiger partial charge in [-0.05, 0) is 70.6 Å². The summed E-state index contributed by atoms with van der Waals surface area (Å²) in [5.41, 5.74) is 6.07. The Hall–Kier alpha value is -2.48. The highest BCUT2D eigenvalue weighted by molar-refractivity contribution is 5.55. The maximum absolute atomic E-state index is 5.13. The molecule has 3 heterocycles. The summed E-state index contributed by atoms with van der Waals surface area (Å²) in [7, 11) is 4.23. The fourth-order valence-corrected chi connectivity index (χ4v) is 5.02. The topological polar surface area (TPSA) is 60.7 Å². The molecule has 33 heavy (non-hydrogen) atoms. The van der Waals surface area contributed by atoms with E-state index in [-0.39, 0.29) is 0 Å². The molecule has 0 radical (unpaired) electrons. The number of anilines is 1. The lowest BCUT2D eigenvalue weighted by molar-refractivity contribution is 0.206. The van der Waals surface area contributed by atoms with E-state index in [0.717, 1.165) is 63.5 Å². The Balaban J connectivity index is 1.69. The fraction of sp³-hybridized carbons (Fsp3) is 0.538. The first-order valence-electron chi connectivity index (χ1n) is 12.4. The van der Waals surface area contributed by atoms with Crippen molar-refractivity contribution in [2.45, 2.75) is 52.2 Å². The molecule has 2 N–H and O–H groups in total. The summed E-state index contributed by atoms with van der Waals surface area (Å²) < 4.78 is 2.36. The molecule has 3 aromatic heterocycles. The molecule has 7 nitrogen and oxygen atoms in total. The number of nitrogens with zero attached hydrogens (tertiary/aromatic N) is 5. The summed E-state index contributed by atoms with van der Waals surface area (Å²) in [5, 5.41) is 6.84. The van der Waals surface area contributed by atoms with E-state index in [9.17, 15) is 0 Å². The van der Waals surface area contributed by atoms with E-state index in [1.54, 1.807) is 0 Å². The van der Waals surface area contributed by atoms with Crippen LogP contribution in [0.4, 0.5) is 5.82 Å². The molecule has 0 bridgehead atoms. The number of pyridine rings is 2. The van der Waals surface area contributed by atoms with Gasteiger partial charge in [0.1, 0.15) is 11.5 Å². The first kappa shape index (κ1) is 23.7. The number of rotatable bonds is 11. The van der Waals surface area contributed by atoms with Crippen LogP contribution in [0.3, 0.4) is 0 Å². The van der Waals surface area contributed by atoms with Crippen LogP contribution in [0.15, 0.2) is 36.5 Å². The molecular weight excluding hydrogens is 410 g/mol. The zero-order chi connectivity index (χ0) is 23.2. The molecule has 0 aromatic carbocycles. The number of hydrogen-bond acceptors (Lipinski definition) is 6. The van der Waals surface area contributed by atoms with Crippen LogP contribution in [0.2, 0.25) is 0 Å². The van der Waals surface area contributed by atoms with Crippen molar-refractivity contribution in [3.63, 3.8) is 0 Å². The van der Waals surface area contributed by atoms with Gasteiger partial charge in [0, 0.05) is 38.9 Å². The maximum Gasteiger partial charge on any atom is 0.138 e. The van der Waals surface area contributed by atoms with Crippen LogP contribution in [0.5, 0.6) is 0 Å². The van der Waals surface area contributed by atoms with Crippen molar-refractivity contribution in [2.75, 3.05) is 45.2 Å². The van der Waals surface area contributed by atoms with E-state index in [0.29, 0.717) is 6.04 Å². The van der Waals surface area contributed by atoms with E-state index in [1.165, 1.54) is 29.2 Å². The number of fused-ring (bicyclic) bond motifs is 2. The number of hydrogen-bond donors (Lipinski definition) is 2. The normalized spacial score (nSPS) is 15.8. The second-order valence-corrected chi connectivity index (χ2v) is 8.92. The SMILES string of the molecule is CCNCc1c(CN(C)[C@H]2CCCc3cccnc32)nc2cccc(N(CC)CCNC)n12. The van der Waals surface area contributed by atoms with E-state index >= 15 is 0 Å². The van der Waals surface area contributed by atoms with Gasteiger partial charge in [-0.2, -0.15) is 0 Å². The quantitative estimate of drug-likeness (QED) is 0.468. The summed E-state index contributed by atoms with van der Waals surface area (Å²) in [6.45, 7) is 9.80. The summed E-state index contributed by atoms with van der Waals surface area (Å²) >= 11 is 0. The molecule has 7 heteroatoms.